The number of hydrogen-bond acceptors (Lipinski definition) is 8. The number of anilines is 1. The van der Waals surface area contributed by atoms with Crippen LogP contribution in [0.1, 0.15) is 0 Å². The van der Waals surface area contributed by atoms with Gasteiger partial charge < -0.3 is 4.90 Å². The fourth-order valence-electron chi connectivity index (χ4n) is 3.41. The molecule has 0 saturated carbocycles. The Hall–Kier alpha value is -2.89. The van der Waals surface area contributed by atoms with Crippen LogP contribution in [0.2, 0.25) is 0 Å². The number of rotatable bonds is 4. The molecule has 0 radical (unpaired) electrons. The third-order valence-corrected chi connectivity index (χ3v) is 7.84. The molecule has 1 aliphatic heterocycles. The maximum absolute atomic E-state index is 13.1. The highest BCUT2D eigenvalue weighted by Gasteiger charge is 2.31. The lowest BCUT2D eigenvalue weighted by atomic mass is 10.2. The van der Waals surface area contributed by atoms with Gasteiger partial charge in [0.15, 0.2) is 10.6 Å². The Morgan fingerprint density at radius 3 is 2.53 bits per heavy atom. The van der Waals surface area contributed by atoms with E-state index in [2.05, 4.69) is 24.8 Å². The zero-order chi connectivity index (χ0) is 20.7. The van der Waals surface area contributed by atoms with Crippen molar-refractivity contribution in [1.29, 1.82) is 0 Å². The SMILES string of the molecule is O=S(=O)(c1cccc2nonc12)N1CCN(c2nc(-c3ccc(F)cc3)cs2)CC1. The van der Waals surface area contributed by atoms with Gasteiger partial charge in [0.2, 0.25) is 10.0 Å². The van der Waals surface area contributed by atoms with E-state index >= 15 is 0 Å². The van der Waals surface area contributed by atoms with Crippen molar-refractivity contribution in [2.45, 2.75) is 4.90 Å². The highest BCUT2D eigenvalue weighted by Crippen LogP contribution is 2.30. The lowest BCUT2D eigenvalue weighted by Crippen LogP contribution is -2.48. The second-order valence-electron chi connectivity index (χ2n) is 6.80. The number of sulfonamides is 1. The standard InChI is InChI=1S/C19H16FN5O3S2/c20-14-6-4-13(5-7-14)16-12-29-19(21-16)24-8-10-25(11-9-24)30(26,27)17-3-1-2-15-18(17)23-28-22-15/h1-7,12H,8-11H2. The maximum atomic E-state index is 13.1. The lowest BCUT2D eigenvalue weighted by Gasteiger charge is -2.33. The molecule has 11 heteroatoms. The highest BCUT2D eigenvalue weighted by atomic mass is 32.2. The second kappa shape index (κ2) is 7.42. The maximum Gasteiger partial charge on any atom is 0.245 e. The fourth-order valence-corrected chi connectivity index (χ4v) is 5.86. The molecule has 1 saturated heterocycles. The summed E-state index contributed by atoms with van der Waals surface area (Å²) < 4.78 is 45.5. The number of benzene rings is 2. The van der Waals surface area contributed by atoms with Crippen LogP contribution in [0.5, 0.6) is 0 Å². The molecule has 5 rings (SSSR count). The van der Waals surface area contributed by atoms with E-state index in [0.717, 1.165) is 16.4 Å². The van der Waals surface area contributed by atoms with Gasteiger partial charge in [0.1, 0.15) is 16.2 Å². The van der Waals surface area contributed by atoms with Gasteiger partial charge >= 0.3 is 0 Å². The lowest BCUT2D eigenvalue weighted by molar-refractivity contribution is 0.315. The summed E-state index contributed by atoms with van der Waals surface area (Å²) in [5, 5.41) is 10.2. The molecule has 0 spiro atoms. The van der Waals surface area contributed by atoms with Crippen LogP contribution < -0.4 is 4.90 Å². The zero-order valence-corrected chi connectivity index (χ0v) is 17.2. The number of thiazole rings is 1. The minimum atomic E-state index is -3.71. The van der Waals surface area contributed by atoms with E-state index in [1.807, 2.05) is 5.38 Å². The average molecular weight is 446 g/mol. The number of halogens is 1. The number of piperazine rings is 1. The van der Waals surface area contributed by atoms with E-state index in [4.69, 9.17) is 0 Å². The van der Waals surface area contributed by atoms with Crippen molar-refractivity contribution in [3.8, 4) is 11.3 Å². The first-order valence-corrected chi connectivity index (χ1v) is 11.5. The van der Waals surface area contributed by atoms with Gasteiger partial charge in [-0.3, -0.25) is 0 Å². The van der Waals surface area contributed by atoms with Crippen LogP contribution in [0.15, 0.2) is 57.4 Å². The normalized spacial score (nSPS) is 15.7. The molecule has 0 N–H and O–H groups in total. The zero-order valence-electron chi connectivity index (χ0n) is 15.6. The monoisotopic (exact) mass is 445 g/mol. The van der Waals surface area contributed by atoms with Crippen LogP contribution in [-0.4, -0.2) is 54.2 Å². The Labute approximate surface area is 175 Å². The molecule has 3 heterocycles. The quantitative estimate of drug-likeness (QED) is 0.477. The van der Waals surface area contributed by atoms with Gasteiger partial charge in [-0.1, -0.05) is 6.07 Å². The van der Waals surface area contributed by atoms with Gasteiger partial charge in [-0.15, -0.1) is 11.3 Å². The predicted octanol–water partition coefficient (Wildman–Crippen LogP) is 3.00. The molecule has 0 aliphatic carbocycles. The summed E-state index contributed by atoms with van der Waals surface area (Å²) in [4.78, 5) is 6.79. The van der Waals surface area contributed by atoms with Gasteiger partial charge in [-0.05, 0) is 46.7 Å². The average Bonchev–Trinajstić information content (AvgIpc) is 3.44. The van der Waals surface area contributed by atoms with E-state index in [9.17, 15) is 12.8 Å². The van der Waals surface area contributed by atoms with Crippen LogP contribution in [0.3, 0.4) is 0 Å². The number of fused-ring (bicyclic) bond motifs is 1. The molecule has 30 heavy (non-hydrogen) atoms. The molecule has 154 valence electrons. The summed E-state index contributed by atoms with van der Waals surface area (Å²) in [5.74, 6) is -0.288. The van der Waals surface area contributed by atoms with Crippen molar-refractivity contribution in [3.63, 3.8) is 0 Å². The molecule has 2 aromatic carbocycles. The predicted molar refractivity (Wildman–Crippen MR) is 110 cm³/mol. The van der Waals surface area contributed by atoms with Crippen molar-refractivity contribution in [2.24, 2.45) is 0 Å². The molecule has 1 aliphatic rings. The van der Waals surface area contributed by atoms with Crippen molar-refractivity contribution < 1.29 is 17.4 Å². The first-order chi connectivity index (χ1) is 14.5. The van der Waals surface area contributed by atoms with Crippen LogP contribution in [-0.2, 0) is 10.0 Å². The van der Waals surface area contributed by atoms with E-state index < -0.39 is 10.0 Å². The third kappa shape index (κ3) is 3.34. The summed E-state index contributed by atoms with van der Waals surface area (Å²) in [6.07, 6.45) is 0. The van der Waals surface area contributed by atoms with E-state index in [0.29, 0.717) is 31.7 Å². The molecule has 0 unspecified atom stereocenters. The Bertz CT molecular complexity index is 1300. The highest BCUT2D eigenvalue weighted by molar-refractivity contribution is 7.89. The number of nitrogens with zero attached hydrogens (tertiary/aromatic N) is 5. The molecule has 0 atom stereocenters. The van der Waals surface area contributed by atoms with Crippen molar-refractivity contribution >= 4 is 37.5 Å². The topological polar surface area (TPSA) is 92.4 Å². The number of aromatic nitrogens is 3. The molecule has 2 aromatic heterocycles. The second-order valence-corrected chi connectivity index (χ2v) is 9.54. The summed E-state index contributed by atoms with van der Waals surface area (Å²) in [6.45, 7) is 1.69. The Kier molecular flexibility index (Phi) is 4.72. The van der Waals surface area contributed by atoms with Crippen molar-refractivity contribution in [3.05, 3.63) is 53.7 Å². The molecule has 0 amide bonds. The summed E-state index contributed by atoms with van der Waals surface area (Å²) in [5.41, 5.74) is 2.26. The summed E-state index contributed by atoms with van der Waals surface area (Å²) in [7, 11) is -3.71. The minimum Gasteiger partial charge on any atom is -0.345 e. The Morgan fingerprint density at radius 2 is 1.77 bits per heavy atom. The molecular weight excluding hydrogens is 429 g/mol. The first-order valence-electron chi connectivity index (χ1n) is 9.20. The number of hydrogen-bond donors (Lipinski definition) is 0. The molecular formula is C19H16FN5O3S2. The fraction of sp³-hybridized carbons (Fsp3) is 0.211. The van der Waals surface area contributed by atoms with Crippen LogP contribution in [0.4, 0.5) is 9.52 Å². The van der Waals surface area contributed by atoms with Crippen LogP contribution >= 0.6 is 11.3 Å². The van der Waals surface area contributed by atoms with Crippen LogP contribution in [0, 0.1) is 5.82 Å². The molecule has 4 aromatic rings. The molecule has 0 bridgehead atoms. The smallest absolute Gasteiger partial charge is 0.245 e. The van der Waals surface area contributed by atoms with Crippen molar-refractivity contribution in [2.75, 3.05) is 31.1 Å². The largest absolute Gasteiger partial charge is 0.345 e. The third-order valence-electron chi connectivity index (χ3n) is 5.01. The van der Waals surface area contributed by atoms with Gasteiger partial charge in [0, 0.05) is 37.1 Å². The van der Waals surface area contributed by atoms with Gasteiger partial charge in [-0.2, -0.15) is 4.31 Å². The van der Waals surface area contributed by atoms with Gasteiger partial charge in [0.05, 0.1) is 5.69 Å². The molecule has 1 fully saturated rings. The van der Waals surface area contributed by atoms with Gasteiger partial charge in [-0.25, -0.2) is 22.4 Å². The van der Waals surface area contributed by atoms with Crippen molar-refractivity contribution in [1.82, 2.24) is 19.6 Å². The van der Waals surface area contributed by atoms with E-state index in [1.165, 1.54) is 33.8 Å². The Morgan fingerprint density at radius 1 is 1.00 bits per heavy atom. The summed E-state index contributed by atoms with van der Waals surface area (Å²) >= 11 is 1.49. The summed E-state index contributed by atoms with van der Waals surface area (Å²) in [6, 6.07) is 11.0. The molecule has 8 nitrogen and oxygen atoms in total. The van der Waals surface area contributed by atoms with E-state index in [1.54, 1.807) is 24.3 Å². The van der Waals surface area contributed by atoms with E-state index in [-0.39, 0.29) is 16.2 Å². The van der Waals surface area contributed by atoms with Crippen LogP contribution in [0.25, 0.3) is 22.3 Å². The first kappa shape index (κ1) is 19.1. The van der Waals surface area contributed by atoms with Gasteiger partial charge in [0.25, 0.3) is 0 Å². The Balaban J connectivity index is 1.32. The minimum absolute atomic E-state index is 0.0996.